The maximum atomic E-state index is 14.0. The highest BCUT2D eigenvalue weighted by Gasteiger charge is 2.41. The lowest BCUT2D eigenvalue weighted by molar-refractivity contribution is -0.147. The molecule has 0 aromatic heterocycles. The summed E-state index contributed by atoms with van der Waals surface area (Å²) >= 11 is 0. The molecule has 3 atom stereocenters. The van der Waals surface area contributed by atoms with Gasteiger partial charge in [0.05, 0.1) is 11.1 Å². The van der Waals surface area contributed by atoms with Crippen molar-refractivity contribution in [1.82, 2.24) is 14.7 Å². The summed E-state index contributed by atoms with van der Waals surface area (Å²) in [6, 6.07) is 5.23. The average Bonchev–Trinajstić information content (AvgIpc) is 2.98. The second-order valence-corrected chi connectivity index (χ2v) is 12.2. The third kappa shape index (κ3) is 7.99. The second-order valence-electron chi connectivity index (χ2n) is 12.2. The number of carbonyl (C=O) groups excluding carboxylic acids is 3. The van der Waals surface area contributed by atoms with Crippen molar-refractivity contribution in [2.75, 3.05) is 33.2 Å². The van der Waals surface area contributed by atoms with Crippen LogP contribution >= 0.6 is 0 Å². The normalized spacial score (nSPS) is 20.4. The van der Waals surface area contributed by atoms with Gasteiger partial charge in [-0.05, 0) is 80.1 Å². The zero-order chi connectivity index (χ0) is 34.1. The SMILES string of the molecule is Cc1cc(F)ccc1[C@H]1CN(C(=O)C2CCN(C(=O)[C@@H](C)O)CC2)CC[C@@H]1C(=O)N(C)Cc1cc(C(F)(F)F)cc(C(F)(F)F)c1. The number of aryl methyl sites for hydroxylation is 1. The van der Waals surface area contributed by atoms with E-state index < -0.39 is 71.5 Å². The standard InChI is InChI=1S/C32H36F7N3O4/c1-18-12-24(33)4-5-25(18)27-17-42(29(45)21-6-9-41(10-7-21)28(44)19(2)43)11-8-26(27)30(46)40(3)16-20-13-22(31(34,35)36)15-23(14-20)32(37,38)39/h4-5,12-15,19,21,26-27,43H,6-11,16-17H2,1-3H3/t19-,26+,27-/m1/s1. The Morgan fingerprint density at radius 2 is 1.48 bits per heavy atom. The number of hydrogen-bond donors (Lipinski definition) is 1. The smallest absolute Gasteiger partial charge is 0.384 e. The molecule has 2 saturated heterocycles. The highest BCUT2D eigenvalue weighted by atomic mass is 19.4. The number of nitrogens with zero attached hydrogens (tertiary/aromatic N) is 3. The number of alkyl halides is 6. The van der Waals surface area contributed by atoms with Crippen molar-refractivity contribution in [1.29, 1.82) is 0 Å². The number of hydrogen-bond acceptors (Lipinski definition) is 4. The van der Waals surface area contributed by atoms with Crippen LogP contribution in [-0.2, 0) is 33.3 Å². The zero-order valence-corrected chi connectivity index (χ0v) is 25.6. The van der Waals surface area contributed by atoms with Gasteiger partial charge < -0.3 is 19.8 Å². The van der Waals surface area contributed by atoms with Crippen molar-refractivity contribution in [2.45, 2.75) is 64.0 Å². The minimum Gasteiger partial charge on any atom is -0.384 e. The predicted octanol–water partition coefficient (Wildman–Crippen LogP) is 5.38. The lowest BCUT2D eigenvalue weighted by Crippen LogP contribution is -2.51. The van der Waals surface area contributed by atoms with E-state index in [-0.39, 0.29) is 37.0 Å². The largest absolute Gasteiger partial charge is 0.416 e. The van der Waals surface area contributed by atoms with Crippen LogP contribution in [0.4, 0.5) is 30.7 Å². The summed E-state index contributed by atoms with van der Waals surface area (Å²) in [7, 11) is 1.30. The van der Waals surface area contributed by atoms with Crippen LogP contribution < -0.4 is 0 Å². The van der Waals surface area contributed by atoms with Crippen LogP contribution in [0.5, 0.6) is 0 Å². The molecule has 0 radical (unpaired) electrons. The lowest BCUT2D eigenvalue weighted by Gasteiger charge is -2.42. The Bertz CT molecular complexity index is 1420. The first-order valence-electron chi connectivity index (χ1n) is 14.9. The third-order valence-corrected chi connectivity index (χ3v) is 8.83. The number of piperidine rings is 2. The van der Waals surface area contributed by atoms with Crippen molar-refractivity contribution in [3.63, 3.8) is 0 Å². The van der Waals surface area contributed by atoms with Crippen LogP contribution in [0.1, 0.15) is 59.9 Å². The fourth-order valence-corrected chi connectivity index (χ4v) is 6.43. The number of aliphatic hydroxyl groups is 1. The van der Waals surface area contributed by atoms with E-state index in [0.29, 0.717) is 49.2 Å². The molecule has 0 unspecified atom stereocenters. The van der Waals surface area contributed by atoms with Gasteiger partial charge in [-0.3, -0.25) is 14.4 Å². The van der Waals surface area contributed by atoms with Crippen LogP contribution in [-0.4, -0.2) is 76.9 Å². The molecule has 2 fully saturated rings. The molecule has 0 bridgehead atoms. The molecule has 0 saturated carbocycles. The summed E-state index contributed by atoms with van der Waals surface area (Å²) in [5, 5.41) is 9.60. The van der Waals surface area contributed by atoms with E-state index in [4.69, 9.17) is 0 Å². The van der Waals surface area contributed by atoms with E-state index >= 15 is 0 Å². The Balaban J connectivity index is 1.56. The quantitative estimate of drug-likeness (QED) is 0.423. The van der Waals surface area contributed by atoms with E-state index in [1.807, 2.05) is 0 Å². The van der Waals surface area contributed by atoms with Crippen molar-refractivity contribution in [2.24, 2.45) is 11.8 Å². The van der Waals surface area contributed by atoms with Crippen molar-refractivity contribution in [3.05, 3.63) is 70.0 Å². The van der Waals surface area contributed by atoms with Gasteiger partial charge in [0.1, 0.15) is 11.9 Å². The Morgan fingerprint density at radius 3 is 2.00 bits per heavy atom. The molecular weight excluding hydrogens is 623 g/mol. The number of halogens is 7. The number of likely N-dealkylation sites (tertiary alicyclic amines) is 2. The predicted molar refractivity (Wildman–Crippen MR) is 152 cm³/mol. The molecule has 2 heterocycles. The number of carbonyl (C=O) groups is 3. The Kier molecular flexibility index (Phi) is 10.4. The topological polar surface area (TPSA) is 81.2 Å². The summed E-state index contributed by atoms with van der Waals surface area (Å²) in [5.74, 6) is -3.44. The van der Waals surface area contributed by atoms with Crippen LogP contribution in [0, 0.1) is 24.6 Å². The first kappa shape index (κ1) is 35.2. The molecule has 2 aromatic carbocycles. The maximum Gasteiger partial charge on any atom is 0.416 e. The highest BCUT2D eigenvalue weighted by molar-refractivity contribution is 5.83. The summed E-state index contributed by atoms with van der Waals surface area (Å²) in [6.45, 7) is 3.36. The zero-order valence-electron chi connectivity index (χ0n) is 25.6. The molecule has 0 aliphatic carbocycles. The summed E-state index contributed by atoms with van der Waals surface area (Å²) in [6.07, 6.45) is -10.3. The molecule has 0 spiro atoms. The van der Waals surface area contributed by atoms with Gasteiger partial charge >= 0.3 is 12.4 Å². The molecule has 252 valence electrons. The van der Waals surface area contributed by atoms with Crippen LogP contribution in [0.2, 0.25) is 0 Å². The molecule has 1 N–H and O–H groups in total. The maximum absolute atomic E-state index is 14.0. The van der Waals surface area contributed by atoms with Crippen LogP contribution in [0.25, 0.3) is 0 Å². The van der Waals surface area contributed by atoms with Crippen LogP contribution in [0.3, 0.4) is 0 Å². The molecule has 46 heavy (non-hydrogen) atoms. The fraction of sp³-hybridized carbons (Fsp3) is 0.531. The lowest BCUT2D eigenvalue weighted by atomic mass is 9.77. The van der Waals surface area contributed by atoms with Crippen molar-refractivity contribution in [3.8, 4) is 0 Å². The molecule has 2 aliphatic rings. The van der Waals surface area contributed by atoms with Gasteiger partial charge in [0, 0.05) is 57.5 Å². The third-order valence-electron chi connectivity index (χ3n) is 8.83. The fourth-order valence-electron chi connectivity index (χ4n) is 6.43. The van der Waals surface area contributed by atoms with E-state index in [1.165, 1.54) is 37.1 Å². The molecule has 14 heteroatoms. The van der Waals surface area contributed by atoms with E-state index in [9.17, 15) is 50.2 Å². The minimum absolute atomic E-state index is 0.0280. The van der Waals surface area contributed by atoms with Gasteiger partial charge in [0.25, 0.3) is 5.91 Å². The molecular formula is C32H36F7N3O4. The molecule has 3 amide bonds. The van der Waals surface area contributed by atoms with Crippen molar-refractivity contribution < 1.29 is 50.2 Å². The van der Waals surface area contributed by atoms with Gasteiger partial charge in [-0.25, -0.2) is 4.39 Å². The van der Waals surface area contributed by atoms with E-state index in [1.54, 1.807) is 11.8 Å². The Hall–Kier alpha value is -3.68. The Morgan fingerprint density at radius 1 is 0.913 bits per heavy atom. The minimum atomic E-state index is -5.04. The van der Waals surface area contributed by atoms with E-state index in [2.05, 4.69) is 0 Å². The second kappa shape index (κ2) is 13.6. The van der Waals surface area contributed by atoms with E-state index in [0.717, 1.165) is 4.90 Å². The molecule has 2 aromatic rings. The number of amides is 3. The number of aliphatic hydroxyl groups excluding tert-OH is 1. The van der Waals surface area contributed by atoms with Crippen molar-refractivity contribution >= 4 is 17.7 Å². The summed E-state index contributed by atoms with van der Waals surface area (Å²) in [5.41, 5.74) is -2.18. The monoisotopic (exact) mass is 659 g/mol. The number of rotatable bonds is 6. The molecule has 4 rings (SSSR count). The first-order valence-corrected chi connectivity index (χ1v) is 14.9. The summed E-state index contributed by atoms with van der Waals surface area (Å²) < 4.78 is 94.5. The first-order chi connectivity index (χ1) is 21.4. The number of benzene rings is 2. The van der Waals surface area contributed by atoms with Gasteiger partial charge in [-0.2, -0.15) is 26.3 Å². The van der Waals surface area contributed by atoms with Gasteiger partial charge in [-0.1, -0.05) is 6.07 Å². The van der Waals surface area contributed by atoms with Crippen LogP contribution in [0.15, 0.2) is 36.4 Å². The summed E-state index contributed by atoms with van der Waals surface area (Å²) in [4.78, 5) is 43.7. The van der Waals surface area contributed by atoms with Gasteiger partial charge in [-0.15, -0.1) is 0 Å². The molecule has 7 nitrogen and oxygen atoms in total. The van der Waals surface area contributed by atoms with Gasteiger partial charge in [0.2, 0.25) is 11.8 Å². The highest BCUT2D eigenvalue weighted by Crippen LogP contribution is 2.39. The Labute approximate surface area is 261 Å². The van der Waals surface area contributed by atoms with Gasteiger partial charge in [0.15, 0.2) is 0 Å². The molecule has 2 aliphatic heterocycles. The average molecular weight is 660 g/mol.